The summed E-state index contributed by atoms with van der Waals surface area (Å²) < 4.78 is 10.2. The topological polar surface area (TPSA) is 102 Å². The molecule has 0 bridgehead atoms. The summed E-state index contributed by atoms with van der Waals surface area (Å²) in [4.78, 5) is 50.7. The number of nitrogens with one attached hydrogen (secondary N) is 1. The van der Waals surface area contributed by atoms with Crippen LogP contribution in [-0.2, 0) is 14.3 Å². The van der Waals surface area contributed by atoms with E-state index in [0.717, 1.165) is 16.7 Å². The Kier molecular flexibility index (Phi) is 8.13. The zero-order chi connectivity index (χ0) is 24.0. The maximum Gasteiger partial charge on any atom is 0.339 e. The van der Waals surface area contributed by atoms with Gasteiger partial charge >= 0.3 is 5.97 Å². The van der Waals surface area contributed by atoms with Crippen LogP contribution >= 0.6 is 23.4 Å². The van der Waals surface area contributed by atoms with Crippen LogP contribution in [0, 0.1) is 0 Å². The lowest BCUT2D eigenvalue weighted by atomic mass is 10.2. The van der Waals surface area contributed by atoms with E-state index >= 15 is 0 Å². The fraction of sp³-hybridized carbons (Fsp3) is 0.217. The van der Waals surface area contributed by atoms with Crippen LogP contribution in [0.2, 0.25) is 5.02 Å². The van der Waals surface area contributed by atoms with Crippen LogP contribution in [-0.4, -0.2) is 48.2 Å². The molecule has 0 aromatic heterocycles. The highest BCUT2D eigenvalue weighted by Gasteiger charge is 2.36. The number of nitrogens with zero attached hydrogens (tertiary/aromatic N) is 1. The molecule has 10 heteroatoms. The quantitative estimate of drug-likeness (QED) is 0.428. The zero-order valence-corrected chi connectivity index (χ0v) is 19.5. The summed E-state index contributed by atoms with van der Waals surface area (Å²) in [6, 6.07) is 11.4. The molecule has 0 atom stereocenters. The molecular formula is C23H21ClN2O6S. The van der Waals surface area contributed by atoms with Crippen LogP contribution in [0.5, 0.6) is 5.75 Å². The standard InChI is InChI=1S/C23H21ClN2O6S/c1-3-9-32-22(29)17-12-15(7-8-18(17)24)25-20(27)13-26-21(28)19(33-23(26)30)11-14-5-4-6-16(10-14)31-2/h4-8,10-12H,3,9,13H2,1-2H3,(H,25,27)/b19-11+. The molecule has 8 nitrogen and oxygen atoms in total. The number of carbonyl (C=O) groups excluding carboxylic acids is 4. The van der Waals surface area contributed by atoms with Gasteiger partial charge in [0.2, 0.25) is 5.91 Å². The Morgan fingerprint density at radius 1 is 1.18 bits per heavy atom. The third-order valence-corrected chi connectivity index (χ3v) is 5.71. The van der Waals surface area contributed by atoms with Crippen molar-refractivity contribution in [1.82, 2.24) is 4.90 Å². The third-order valence-electron chi connectivity index (χ3n) is 4.47. The van der Waals surface area contributed by atoms with Crippen LogP contribution in [0.3, 0.4) is 0 Å². The number of halogens is 1. The maximum absolute atomic E-state index is 12.7. The van der Waals surface area contributed by atoms with Crippen molar-refractivity contribution in [1.29, 1.82) is 0 Å². The number of esters is 1. The van der Waals surface area contributed by atoms with E-state index in [1.165, 1.54) is 25.3 Å². The number of rotatable bonds is 8. The monoisotopic (exact) mass is 488 g/mol. The van der Waals surface area contributed by atoms with E-state index in [-0.39, 0.29) is 27.8 Å². The van der Waals surface area contributed by atoms with Crippen LogP contribution in [0.25, 0.3) is 6.08 Å². The number of hydrogen-bond donors (Lipinski definition) is 1. The second kappa shape index (κ2) is 11.0. The Bertz CT molecular complexity index is 1130. The van der Waals surface area contributed by atoms with E-state index < -0.39 is 29.6 Å². The molecule has 1 saturated heterocycles. The molecule has 1 aliphatic heterocycles. The summed E-state index contributed by atoms with van der Waals surface area (Å²) in [5, 5.41) is 2.20. The van der Waals surface area contributed by atoms with Gasteiger partial charge in [0.1, 0.15) is 12.3 Å². The maximum atomic E-state index is 12.7. The van der Waals surface area contributed by atoms with Crippen molar-refractivity contribution < 1.29 is 28.7 Å². The summed E-state index contributed by atoms with van der Waals surface area (Å²) in [6.07, 6.45) is 2.22. The van der Waals surface area contributed by atoms with Crippen molar-refractivity contribution in [3.8, 4) is 5.75 Å². The van der Waals surface area contributed by atoms with Gasteiger partial charge in [0.15, 0.2) is 0 Å². The van der Waals surface area contributed by atoms with Crippen molar-refractivity contribution in [3.63, 3.8) is 0 Å². The van der Waals surface area contributed by atoms with Gasteiger partial charge in [-0.3, -0.25) is 19.3 Å². The first kappa shape index (κ1) is 24.3. The Balaban J connectivity index is 1.68. The Morgan fingerprint density at radius 2 is 1.97 bits per heavy atom. The number of amides is 3. The van der Waals surface area contributed by atoms with Gasteiger partial charge < -0.3 is 14.8 Å². The number of imide groups is 1. The minimum atomic E-state index is -0.605. The lowest BCUT2D eigenvalue weighted by Crippen LogP contribution is -2.36. The average molecular weight is 489 g/mol. The SMILES string of the molecule is CCCOC(=O)c1cc(NC(=O)CN2C(=O)S/C(=C/c3cccc(OC)c3)C2=O)ccc1Cl. The van der Waals surface area contributed by atoms with Crippen LogP contribution in [0.4, 0.5) is 10.5 Å². The molecular weight excluding hydrogens is 468 g/mol. The van der Waals surface area contributed by atoms with Crippen molar-refractivity contribution in [2.45, 2.75) is 13.3 Å². The molecule has 2 aromatic rings. The van der Waals surface area contributed by atoms with E-state index in [9.17, 15) is 19.2 Å². The third kappa shape index (κ3) is 6.15. The summed E-state index contributed by atoms with van der Waals surface area (Å²) in [5.74, 6) is -1.16. The molecule has 3 rings (SSSR count). The van der Waals surface area contributed by atoms with Gasteiger partial charge in [0.05, 0.1) is 29.2 Å². The summed E-state index contributed by atoms with van der Waals surface area (Å²) >= 11 is 6.81. The highest BCUT2D eigenvalue weighted by Crippen LogP contribution is 2.32. The number of anilines is 1. The first-order valence-electron chi connectivity index (χ1n) is 9.98. The first-order chi connectivity index (χ1) is 15.8. The van der Waals surface area contributed by atoms with Crippen LogP contribution in [0.15, 0.2) is 47.4 Å². The molecule has 172 valence electrons. The van der Waals surface area contributed by atoms with E-state index in [1.807, 2.05) is 6.92 Å². The number of benzene rings is 2. The lowest BCUT2D eigenvalue weighted by Gasteiger charge is -2.13. The number of carbonyl (C=O) groups is 4. The molecule has 2 aromatic carbocycles. The molecule has 1 fully saturated rings. The average Bonchev–Trinajstić information content (AvgIpc) is 3.06. The number of thioether (sulfide) groups is 1. The Morgan fingerprint density at radius 3 is 2.70 bits per heavy atom. The second-order valence-corrected chi connectivity index (χ2v) is 8.32. The molecule has 33 heavy (non-hydrogen) atoms. The molecule has 1 aliphatic rings. The van der Waals surface area contributed by atoms with Gasteiger partial charge in [-0.15, -0.1) is 0 Å². The van der Waals surface area contributed by atoms with Gasteiger partial charge in [-0.25, -0.2) is 4.79 Å². The fourth-order valence-electron chi connectivity index (χ4n) is 2.90. The van der Waals surface area contributed by atoms with E-state index in [0.29, 0.717) is 17.7 Å². The first-order valence-corrected chi connectivity index (χ1v) is 11.2. The normalized spacial score (nSPS) is 14.5. The fourth-order valence-corrected chi connectivity index (χ4v) is 3.93. The predicted molar refractivity (Wildman–Crippen MR) is 126 cm³/mol. The van der Waals surface area contributed by atoms with Gasteiger partial charge in [-0.2, -0.15) is 0 Å². The highest BCUT2D eigenvalue weighted by molar-refractivity contribution is 8.18. The number of methoxy groups -OCH3 is 1. The van der Waals surface area contributed by atoms with E-state index in [2.05, 4.69) is 5.32 Å². The smallest absolute Gasteiger partial charge is 0.339 e. The molecule has 1 heterocycles. The molecule has 0 saturated carbocycles. The van der Waals surface area contributed by atoms with E-state index in [4.69, 9.17) is 21.1 Å². The molecule has 0 spiro atoms. The molecule has 0 aliphatic carbocycles. The minimum absolute atomic E-state index is 0.107. The molecule has 3 amide bonds. The summed E-state index contributed by atoms with van der Waals surface area (Å²) in [5.41, 5.74) is 1.08. The van der Waals surface area contributed by atoms with Crippen LogP contribution in [0.1, 0.15) is 29.3 Å². The summed E-state index contributed by atoms with van der Waals surface area (Å²) in [6.45, 7) is 1.63. The van der Waals surface area contributed by atoms with Gasteiger partial charge in [0, 0.05) is 5.69 Å². The van der Waals surface area contributed by atoms with Gasteiger partial charge in [-0.1, -0.05) is 30.7 Å². The van der Waals surface area contributed by atoms with Crippen molar-refractivity contribution in [2.75, 3.05) is 25.6 Å². The van der Waals surface area contributed by atoms with E-state index in [1.54, 1.807) is 30.3 Å². The largest absolute Gasteiger partial charge is 0.497 e. The Labute approximate surface area is 199 Å². The molecule has 1 N–H and O–H groups in total. The van der Waals surface area contributed by atoms with Crippen molar-refractivity contribution in [3.05, 3.63) is 63.5 Å². The minimum Gasteiger partial charge on any atom is -0.497 e. The number of hydrogen-bond acceptors (Lipinski definition) is 7. The molecule has 0 radical (unpaired) electrons. The number of ether oxygens (including phenoxy) is 2. The molecule has 0 unspecified atom stereocenters. The second-order valence-electron chi connectivity index (χ2n) is 6.92. The zero-order valence-electron chi connectivity index (χ0n) is 17.9. The van der Waals surface area contributed by atoms with Gasteiger partial charge in [-0.05, 0) is 60.2 Å². The summed E-state index contributed by atoms with van der Waals surface area (Å²) in [7, 11) is 1.53. The Hall–Kier alpha value is -3.30. The lowest BCUT2D eigenvalue weighted by molar-refractivity contribution is -0.127. The highest BCUT2D eigenvalue weighted by atomic mass is 35.5. The van der Waals surface area contributed by atoms with Gasteiger partial charge in [0.25, 0.3) is 11.1 Å². The van der Waals surface area contributed by atoms with Crippen molar-refractivity contribution >= 4 is 58.1 Å². The predicted octanol–water partition coefficient (Wildman–Crippen LogP) is 4.59. The van der Waals surface area contributed by atoms with Crippen LogP contribution < -0.4 is 10.1 Å². The van der Waals surface area contributed by atoms with Crippen molar-refractivity contribution in [2.24, 2.45) is 0 Å².